The predicted molar refractivity (Wildman–Crippen MR) is 101 cm³/mol. The molecule has 2 rings (SSSR count). The van der Waals surface area contributed by atoms with Gasteiger partial charge in [-0.05, 0) is 37.1 Å². The van der Waals surface area contributed by atoms with Crippen molar-refractivity contribution in [3.8, 4) is 0 Å². The maximum absolute atomic E-state index is 13.7. The summed E-state index contributed by atoms with van der Waals surface area (Å²) in [4.78, 5) is 25.3. The van der Waals surface area contributed by atoms with Crippen molar-refractivity contribution >= 4 is 23.2 Å². The number of aryl methyl sites for hydroxylation is 1. The Kier molecular flexibility index (Phi) is 7.43. The van der Waals surface area contributed by atoms with Gasteiger partial charge >= 0.3 is 0 Å². The number of amides is 2. The lowest BCUT2D eigenvalue weighted by molar-refractivity contribution is -0.883. The number of carbonyl (C=O) groups excluding carboxylic acids is 2. The van der Waals surface area contributed by atoms with E-state index >= 15 is 0 Å². The van der Waals surface area contributed by atoms with Crippen LogP contribution in [0.25, 0.3) is 0 Å². The fraction of sp³-hybridized carbons (Fsp3) is 0.300. The highest BCUT2D eigenvalue weighted by Gasteiger charge is 2.19. The maximum Gasteiger partial charge on any atom is 0.279 e. The Morgan fingerprint density at radius 1 is 0.963 bits per heavy atom. The molecule has 2 aromatic rings. The molecule has 2 amide bonds. The van der Waals surface area contributed by atoms with Gasteiger partial charge < -0.3 is 15.5 Å². The summed E-state index contributed by atoms with van der Waals surface area (Å²) < 4.78 is 26.9. The van der Waals surface area contributed by atoms with Crippen LogP contribution in [0.15, 0.2) is 42.5 Å². The lowest BCUT2D eigenvalue weighted by Crippen LogP contribution is -3.14. The SMILES string of the molecule is CCC[NH+](CC(=O)Nc1ccccc1C)CC(=O)Nc1cc(F)ccc1F. The monoisotopic (exact) mass is 376 g/mol. The Morgan fingerprint density at radius 2 is 1.59 bits per heavy atom. The Morgan fingerprint density at radius 3 is 2.22 bits per heavy atom. The highest BCUT2D eigenvalue weighted by Crippen LogP contribution is 2.15. The summed E-state index contributed by atoms with van der Waals surface area (Å²) in [5.41, 5.74) is 1.46. The zero-order chi connectivity index (χ0) is 19.8. The number of benzene rings is 2. The smallest absolute Gasteiger partial charge is 0.279 e. The first kappa shape index (κ1) is 20.5. The van der Waals surface area contributed by atoms with Gasteiger partial charge in [0.05, 0.1) is 12.2 Å². The van der Waals surface area contributed by atoms with E-state index in [2.05, 4.69) is 10.6 Å². The second kappa shape index (κ2) is 9.78. The molecule has 27 heavy (non-hydrogen) atoms. The molecule has 0 fully saturated rings. The van der Waals surface area contributed by atoms with Crippen LogP contribution >= 0.6 is 0 Å². The van der Waals surface area contributed by atoms with Crippen LogP contribution in [0.5, 0.6) is 0 Å². The number of hydrogen-bond donors (Lipinski definition) is 3. The number of halogens is 2. The molecule has 7 heteroatoms. The summed E-state index contributed by atoms with van der Waals surface area (Å²) in [6, 6.07) is 10.3. The van der Waals surface area contributed by atoms with Gasteiger partial charge in [0.1, 0.15) is 11.6 Å². The predicted octanol–water partition coefficient (Wildman–Crippen LogP) is 2.15. The first-order valence-corrected chi connectivity index (χ1v) is 8.83. The van der Waals surface area contributed by atoms with Gasteiger partial charge in [-0.15, -0.1) is 0 Å². The highest BCUT2D eigenvalue weighted by atomic mass is 19.1. The van der Waals surface area contributed by atoms with Crippen LogP contribution in [-0.2, 0) is 9.59 Å². The summed E-state index contributed by atoms with van der Waals surface area (Å²) in [6.45, 7) is 4.52. The third-order valence-electron chi connectivity index (χ3n) is 4.05. The standard InChI is InChI=1S/C20H23F2N3O2/c1-3-10-25(12-19(26)23-17-7-5-4-6-14(17)2)13-20(27)24-18-11-15(21)8-9-16(18)22/h4-9,11H,3,10,12-13H2,1-2H3,(H,23,26)(H,24,27)/p+1. The highest BCUT2D eigenvalue weighted by molar-refractivity contribution is 5.93. The molecule has 0 heterocycles. The Labute approximate surface area is 157 Å². The van der Waals surface area contributed by atoms with Crippen molar-refractivity contribution in [2.24, 2.45) is 0 Å². The molecule has 0 aliphatic heterocycles. The third kappa shape index (κ3) is 6.45. The molecule has 0 aliphatic rings. The molecule has 1 atom stereocenters. The first-order chi connectivity index (χ1) is 12.9. The van der Waals surface area contributed by atoms with E-state index in [0.717, 1.165) is 40.8 Å². The molecule has 5 nitrogen and oxygen atoms in total. The van der Waals surface area contributed by atoms with E-state index in [4.69, 9.17) is 0 Å². The summed E-state index contributed by atoms with van der Waals surface area (Å²) >= 11 is 0. The molecule has 0 saturated heterocycles. The molecular formula is C20H24F2N3O2+. The van der Waals surface area contributed by atoms with Crippen molar-refractivity contribution in [2.45, 2.75) is 20.3 Å². The molecule has 0 bridgehead atoms. The van der Waals surface area contributed by atoms with Crippen LogP contribution in [0.1, 0.15) is 18.9 Å². The number of anilines is 2. The largest absolute Gasteiger partial charge is 0.321 e. The molecule has 0 aliphatic carbocycles. The lowest BCUT2D eigenvalue weighted by atomic mass is 10.2. The van der Waals surface area contributed by atoms with E-state index in [1.807, 2.05) is 38.1 Å². The Hall–Kier alpha value is -2.80. The summed E-state index contributed by atoms with van der Waals surface area (Å²) in [6.07, 6.45) is 0.772. The molecule has 0 aromatic heterocycles. The van der Waals surface area contributed by atoms with Crippen molar-refractivity contribution in [2.75, 3.05) is 30.3 Å². The van der Waals surface area contributed by atoms with Crippen molar-refractivity contribution in [3.05, 3.63) is 59.7 Å². The molecule has 144 valence electrons. The van der Waals surface area contributed by atoms with Gasteiger partial charge in [0.15, 0.2) is 13.1 Å². The maximum atomic E-state index is 13.7. The number of nitrogens with one attached hydrogen (secondary N) is 3. The zero-order valence-electron chi connectivity index (χ0n) is 15.4. The molecule has 0 spiro atoms. The number of quaternary nitrogens is 1. The normalized spacial score (nSPS) is 11.7. The molecular weight excluding hydrogens is 352 g/mol. The van der Waals surface area contributed by atoms with Crippen LogP contribution < -0.4 is 15.5 Å². The average Bonchev–Trinajstić information content (AvgIpc) is 2.60. The third-order valence-corrected chi connectivity index (χ3v) is 4.05. The van der Waals surface area contributed by atoms with Gasteiger partial charge in [0.25, 0.3) is 11.8 Å². The fourth-order valence-corrected chi connectivity index (χ4v) is 2.74. The fourth-order valence-electron chi connectivity index (χ4n) is 2.74. The number of carbonyl (C=O) groups is 2. The lowest BCUT2D eigenvalue weighted by Gasteiger charge is -2.18. The van der Waals surface area contributed by atoms with Gasteiger partial charge in [0.2, 0.25) is 0 Å². The van der Waals surface area contributed by atoms with E-state index in [1.54, 1.807) is 0 Å². The van der Waals surface area contributed by atoms with Crippen LogP contribution in [-0.4, -0.2) is 31.4 Å². The van der Waals surface area contributed by atoms with E-state index in [1.165, 1.54) is 0 Å². The van der Waals surface area contributed by atoms with Crippen molar-refractivity contribution < 1.29 is 23.3 Å². The van der Waals surface area contributed by atoms with Gasteiger partial charge in [-0.3, -0.25) is 9.59 Å². The summed E-state index contributed by atoms with van der Waals surface area (Å²) in [7, 11) is 0. The number of rotatable bonds is 8. The topological polar surface area (TPSA) is 62.6 Å². The van der Waals surface area contributed by atoms with Gasteiger partial charge in [-0.25, -0.2) is 8.78 Å². The minimum absolute atomic E-state index is 0.0228. The van der Waals surface area contributed by atoms with Crippen molar-refractivity contribution in [1.29, 1.82) is 0 Å². The Balaban J connectivity index is 1.95. The molecule has 0 radical (unpaired) electrons. The van der Waals surface area contributed by atoms with Crippen molar-refractivity contribution in [3.63, 3.8) is 0 Å². The summed E-state index contributed by atoms with van der Waals surface area (Å²) in [5, 5.41) is 5.20. The summed E-state index contributed by atoms with van der Waals surface area (Å²) in [5.74, 6) is -2.04. The number of para-hydroxylation sites is 1. The van der Waals surface area contributed by atoms with Crippen LogP contribution in [0.4, 0.5) is 20.2 Å². The quantitative estimate of drug-likeness (QED) is 0.661. The second-order valence-electron chi connectivity index (χ2n) is 6.39. The van der Waals surface area contributed by atoms with Crippen LogP contribution in [0.3, 0.4) is 0 Å². The minimum Gasteiger partial charge on any atom is -0.321 e. The van der Waals surface area contributed by atoms with Crippen molar-refractivity contribution in [1.82, 2.24) is 0 Å². The Bertz CT molecular complexity index is 812. The van der Waals surface area contributed by atoms with Crippen LogP contribution in [0, 0.1) is 18.6 Å². The van der Waals surface area contributed by atoms with Gasteiger partial charge in [-0.1, -0.05) is 25.1 Å². The zero-order valence-corrected chi connectivity index (χ0v) is 15.4. The number of hydrogen-bond acceptors (Lipinski definition) is 2. The van der Waals surface area contributed by atoms with Gasteiger partial charge in [0, 0.05) is 11.8 Å². The van der Waals surface area contributed by atoms with E-state index in [-0.39, 0.29) is 24.7 Å². The molecule has 0 saturated carbocycles. The average molecular weight is 376 g/mol. The molecule has 3 N–H and O–H groups in total. The molecule has 1 unspecified atom stereocenters. The first-order valence-electron chi connectivity index (χ1n) is 8.83. The van der Waals surface area contributed by atoms with E-state index in [9.17, 15) is 18.4 Å². The van der Waals surface area contributed by atoms with E-state index < -0.39 is 17.5 Å². The van der Waals surface area contributed by atoms with Gasteiger partial charge in [-0.2, -0.15) is 0 Å². The second-order valence-corrected chi connectivity index (χ2v) is 6.39. The minimum atomic E-state index is -0.709. The van der Waals surface area contributed by atoms with Crippen LogP contribution in [0.2, 0.25) is 0 Å². The van der Waals surface area contributed by atoms with E-state index in [0.29, 0.717) is 6.54 Å². The molecule has 2 aromatic carbocycles.